The molecule has 2 aliphatic heterocycles. The molecule has 2 aliphatic rings. The van der Waals surface area contributed by atoms with Gasteiger partial charge in [0.25, 0.3) is 0 Å². The molecule has 31 heavy (non-hydrogen) atoms. The fourth-order valence-corrected chi connectivity index (χ4v) is 4.29. The van der Waals surface area contributed by atoms with Crippen LogP contribution in [0.4, 0.5) is 0 Å². The van der Waals surface area contributed by atoms with Crippen LogP contribution in [-0.4, -0.2) is 74.6 Å². The number of β-amino-alcohol motifs (C(OH)–C–C–N with tert-alkyl or cyclic N) is 1. The monoisotopic (exact) mass is 448 g/mol. The van der Waals surface area contributed by atoms with Crippen LogP contribution in [-0.2, 0) is 16.9 Å². The Labute approximate surface area is 191 Å². The first kappa shape index (κ1) is 23.8. The Hall–Kier alpha value is -1.83. The first-order chi connectivity index (χ1) is 14.7. The fourth-order valence-electron chi connectivity index (χ4n) is 4.29. The van der Waals surface area contributed by atoms with Crippen molar-refractivity contribution < 1.29 is 19.3 Å². The van der Waals surface area contributed by atoms with Crippen LogP contribution in [0.5, 0.6) is 11.5 Å². The molecule has 0 spiro atoms. The Morgan fingerprint density at radius 1 is 1.00 bits per heavy atom. The number of methoxy groups -OCH3 is 1. The van der Waals surface area contributed by atoms with Gasteiger partial charge in [-0.25, -0.2) is 0 Å². The summed E-state index contributed by atoms with van der Waals surface area (Å²) in [5.74, 6) is 1.53. The van der Waals surface area contributed by atoms with Gasteiger partial charge in [0, 0.05) is 39.3 Å². The lowest BCUT2D eigenvalue weighted by molar-refractivity contribution is 0.0321. The van der Waals surface area contributed by atoms with E-state index in [1.54, 1.807) is 7.11 Å². The minimum Gasteiger partial charge on any atom is -0.493 e. The summed E-state index contributed by atoms with van der Waals surface area (Å²) in [5.41, 5.74) is 1.38. The van der Waals surface area contributed by atoms with E-state index in [1.165, 1.54) is 0 Å². The number of likely N-dealkylation sites (tertiary alicyclic amines) is 1. The second-order valence-corrected chi connectivity index (χ2v) is 8.15. The normalized spacial score (nSPS) is 22.1. The summed E-state index contributed by atoms with van der Waals surface area (Å²) >= 11 is 0. The zero-order valence-corrected chi connectivity index (χ0v) is 19.0. The minimum absolute atomic E-state index is 0. The number of benzene rings is 2. The molecule has 170 valence electrons. The molecule has 0 saturated carbocycles. The fraction of sp³-hybridized carbons (Fsp3) is 0.500. The molecule has 1 N–H and O–H groups in total. The van der Waals surface area contributed by atoms with Gasteiger partial charge in [0.2, 0.25) is 0 Å². The van der Waals surface area contributed by atoms with Gasteiger partial charge in [0.05, 0.1) is 20.3 Å². The minimum atomic E-state index is -0.770. The lowest BCUT2D eigenvalue weighted by Gasteiger charge is -2.26. The molecule has 0 aliphatic carbocycles. The zero-order chi connectivity index (χ0) is 20.8. The highest BCUT2D eigenvalue weighted by Gasteiger charge is 2.37. The van der Waals surface area contributed by atoms with Gasteiger partial charge in [-0.2, -0.15) is 0 Å². The SMILES string of the molecule is COc1cc(CN2CCC(O)(c3ccccc3)C2)ccc1OCCN1CCOCC1.Cl. The van der Waals surface area contributed by atoms with Gasteiger partial charge in [-0.15, -0.1) is 12.4 Å². The maximum Gasteiger partial charge on any atom is 0.161 e. The number of aliphatic hydroxyl groups is 1. The zero-order valence-electron chi connectivity index (χ0n) is 18.2. The molecule has 0 radical (unpaired) electrons. The molecule has 0 aromatic heterocycles. The van der Waals surface area contributed by atoms with Crippen molar-refractivity contribution in [1.29, 1.82) is 0 Å². The van der Waals surface area contributed by atoms with Crippen molar-refractivity contribution in [3.05, 3.63) is 59.7 Å². The van der Waals surface area contributed by atoms with Crippen molar-refractivity contribution in [2.75, 3.05) is 59.7 Å². The van der Waals surface area contributed by atoms with E-state index in [4.69, 9.17) is 14.2 Å². The van der Waals surface area contributed by atoms with Gasteiger partial charge in [0.1, 0.15) is 12.2 Å². The number of halogens is 1. The quantitative estimate of drug-likeness (QED) is 0.670. The molecule has 2 saturated heterocycles. The lowest BCUT2D eigenvalue weighted by Crippen LogP contribution is -2.38. The molecular formula is C24H33ClN2O4. The standard InChI is InChI=1S/C24H32N2O4.ClH/c1-28-23-17-20(7-8-22(23)30-16-13-25-11-14-29-15-12-25)18-26-10-9-24(27,19-26)21-5-3-2-4-6-21;/h2-8,17,27H,9-16,18-19H2,1H3;1H. The van der Waals surface area contributed by atoms with E-state index in [2.05, 4.69) is 15.9 Å². The Morgan fingerprint density at radius 3 is 2.52 bits per heavy atom. The first-order valence-corrected chi connectivity index (χ1v) is 10.8. The Balaban J connectivity index is 0.00000272. The average molecular weight is 449 g/mol. The Kier molecular flexibility index (Phi) is 8.58. The smallest absolute Gasteiger partial charge is 0.161 e. The summed E-state index contributed by atoms with van der Waals surface area (Å²) in [4.78, 5) is 4.65. The summed E-state index contributed by atoms with van der Waals surface area (Å²) < 4.78 is 16.9. The largest absolute Gasteiger partial charge is 0.493 e. The summed E-state index contributed by atoms with van der Waals surface area (Å²) in [5, 5.41) is 11.1. The van der Waals surface area contributed by atoms with E-state index < -0.39 is 5.60 Å². The van der Waals surface area contributed by atoms with E-state index in [0.717, 1.165) is 75.0 Å². The number of nitrogens with zero attached hydrogens (tertiary/aromatic N) is 2. The molecule has 2 heterocycles. The third kappa shape index (κ3) is 6.11. The van der Waals surface area contributed by atoms with Crippen LogP contribution in [0.15, 0.2) is 48.5 Å². The molecule has 6 nitrogen and oxygen atoms in total. The predicted molar refractivity (Wildman–Crippen MR) is 123 cm³/mol. The number of rotatable bonds is 8. The lowest BCUT2D eigenvalue weighted by atomic mass is 9.93. The molecule has 1 unspecified atom stereocenters. The van der Waals surface area contributed by atoms with Crippen LogP contribution in [0.2, 0.25) is 0 Å². The second-order valence-electron chi connectivity index (χ2n) is 8.15. The molecule has 4 rings (SSSR count). The summed E-state index contributed by atoms with van der Waals surface area (Å²) in [6.45, 7) is 7.32. The van der Waals surface area contributed by atoms with Crippen molar-refractivity contribution in [2.24, 2.45) is 0 Å². The van der Waals surface area contributed by atoms with Gasteiger partial charge in [-0.3, -0.25) is 9.80 Å². The number of hydrogen-bond acceptors (Lipinski definition) is 6. The van der Waals surface area contributed by atoms with Gasteiger partial charge < -0.3 is 19.3 Å². The maximum absolute atomic E-state index is 11.1. The van der Waals surface area contributed by atoms with Gasteiger partial charge in [-0.05, 0) is 29.7 Å². The van der Waals surface area contributed by atoms with Gasteiger partial charge in [0.15, 0.2) is 11.5 Å². The van der Waals surface area contributed by atoms with E-state index in [-0.39, 0.29) is 12.4 Å². The van der Waals surface area contributed by atoms with Crippen molar-refractivity contribution in [3.63, 3.8) is 0 Å². The van der Waals surface area contributed by atoms with Crippen molar-refractivity contribution in [1.82, 2.24) is 9.80 Å². The molecule has 2 aromatic rings. The maximum atomic E-state index is 11.1. The summed E-state index contributed by atoms with van der Waals surface area (Å²) in [6, 6.07) is 16.1. The third-order valence-electron chi connectivity index (χ3n) is 6.04. The van der Waals surface area contributed by atoms with E-state index in [9.17, 15) is 5.11 Å². The Bertz CT molecular complexity index is 816. The number of ether oxygens (including phenoxy) is 3. The summed E-state index contributed by atoms with van der Waals surface area (Å²) in [7, 11) is 1.68. The molecule has 2 aromatic carbocycles. The van der Waals surface area contributed by atoms with E-state index in [1.807, 2.05) is 42.5 Å². The van der Waals surface area contributed by atoms with Crippen LogP contribution in [0.3, 0.4) is 0 Å². The van der Waals surface area contributed by atoms with E-state index in [0.29, 0.717) is 13.2 Å². The van der Waals surface area contributed by atoms with E-state index >= 15 is 0 Å². The predicted octanol–water partition coefficient (Wildman–Crippen LogP) is 2.92. The molecule has 0 bridgehead atoms. The summed E-state index contributed by atoms with van der Waals surface area (Å²) in [6.07, 6.45) is 0.747. The van der Waals surface area contributed by atoms with Gasteiger partial charge in [-0.1, -0.05) is 36.4 Å². The topological polar surface area (TPSA) is 54.4 Å². The number of morpholine rings is 1. The van der Waals surface area contributed by atoms with Crippen LogP contribution in [0.25, 0.3) is 0 Å². The van der Waals surface area contributed by atoms with Crippen LogP contribution in [0, 0.1) is 0 Å². The average Bonchev–Trinajstić information content (AvgIpc) is 3.17. The van der Waals surface area contributed by atoms with Gasteiger partial charge >= 0.3 is 0 Å². The first-order valence-electron chi connectivity index (χ1n) is 10.8. The molecule has 7 heteroatoms. The molecule has 2 fully saturated rings. The Morgan fingerprint density at radius 2 is 1.77 bits per heavy atom. The third-order valence-corrected chi connectivity index (χ3v) is 6.04. The van der Waals surface area contributed by atoms with Crippen LogP contribution in [0.1, 0.15) is 17.5 Å². The van der Waals surface area contributed by atoms with Crippen molar-refractivity contribution in [2.45, 2.75) is 18.6 Å². The van der Waals surface area contributed by atoms with Crippen molar-refractivity contribution in [3.8, 4) is 11.5 Å². The van der Waals surface area contributed by atoms with Crippen LogP contribution >= 0.6 is 12.4 Å². The highest BCUT2D eigenvalue weighted by atomic mass is 35.5. The number of hydrogen-bond donors (Lipinski definition) is 1. The molecular weight excluding hydrogens is 416 g/mol. The molecule has 0 amide bonds. The highest BCUT2D eigenvalue weighted by Crippen LogP contribution is 2.34. The highest BCUT2D eigenvalue weighted by molar-refractivity contribution is 5.85. The molecule has 1 atom stereocenters. The van der Waals surface area contributed by atoms with Crippen molar-refractivity contribution >= 4 is 12.4 Å². The second kappa shape index (κ2) is 11.2. The van der Waals surface area contributed by atoms with Crippen LogP contribution < -0.4 is 9.47 Å².